The van der Waals surface area contributed by atoms with Gasteiger partial charge in [0.15, 0.2) is 0 Å². The Bertz CT molecular complexity index is 829. The van der Waals surface area contributed by atoms with Crippen molar-refractivity contribution in [2.75, 3.05) is 19.8 Å². The first-order valence-corrected chi connectivity index (χ1v) is 9.38. The summed E-state index contributed by atoms with van der Waals surface area (Å²) in [5.74, 6) is -1.44. The van der Waals surface area contributed by atoms with E-state index in [0.717, 1.165) is 23.3 Å². The topological polar surface area (TPSA) is 80.5 Å². The van der Waals surface area contributed by atoms with Crippen molar-refractivity contribution < 1.29 is 27.2 Å². The summed E-state index contributed by atoms with van der Waals surface area (Å²) in [7, 11) is 0. The number of nitrogens with one attached hydrogen (secondary N) is 1. The van der Waals surface area contributed by atoms with Gasteiger partial charge in [0.05, 0.1) is 11.4 Å². The fourth-order valence-electron chi connectivity index (χ4n) is 3.15. The molecule has 1 fully saturated rings. The fourth-order valence-corrected chi connectivity index (χ4v) is 4.30. The largest absolute Gasteiger partial charge is 0.471 e. The number of thiophene rings is 1. The highest BCUT2D eigenvalue weighted by Gasteiger charge is 2.39. The van der Waals surface area contributed by atoms with Crippen molar-refractivity contribution in [1.29, 1.82) is 0 Å². The highest BCUT2D eigenvalue weighted by molar-refractivity contribution is 7.15. The summed E-state index contributed by atoms with van der Waals surface area (Å²) in [5.41, 5.74) is 1.00. The van der Waals surface area contributed by atoms with Gasteiger partial charge in [-0.2, -0.15) is 18.2 Å². The average molecular weight is 402 g/mol. The van der Waals surface area contributed by atoms with E-state index >= 15 is 0 Å². The van der Waals surface area contributed by atoms with Gasteiger partial charge in [0.2, 0.25) is 5.82 Å². The van der Waals surface area contributed by atoms with Gasteiger partial charge in [0.1, 0.15) is 0 Å². The first kappa shape index (κ1) is 18.2. The molecule has 0 aromatic carbocycles. The molecule has 1 saturated heterocycles. The number of carbonyl (C=O) groups excluding carboxylic acids is 1. The third-order valence-electron chi connectivity index (χ3n) is 4.61. The van der Waals surface area contributed by atoms with E-state index in [0.29, 0.717) is 37.6 Å². The second kappa shape index (κ2) is 7.12. The number of aromatic nitrogens is 2. The van der Waals surface area contributed by atoms with Crippen LogP contribution in [0, 0.1) is 0 Å². The maximum atomic E-state index is 12.6. The molecule has 0 unspecified atom stereocenters. The number of carbonyl (C=O) groups is 1. The summed E-state index contributed by atoms with van der Waals surface area (Å²) in [6.07, 6.45) is -2.43. The first-order chi connectivity index (χ1) is 12.9. The van der Waals surface area contributed by atoms with Gasteiger partial charge in [-0.15, -0.1) is 11.3 Å². The van der Waals surface area contributed by atoms with Gasteiger partial charge in [-0.05, 0) is 30.9 Å². The summed E-state index contributed by atoms with van der Waals surface area (Å²) in [4.78, 5) is 19.1. The smallest absolute Gasteiger partial charge is 0.381 e. The number of halogens is 3. The Balaban J connectivity index is 1.44. The van der Waals surface area contributed by atoms with Crippen LogP contribution in [0.1, 0.15) is 29.2 Å². The van der Waals surface area contributed by atoms with Gasteiger partial charge in [-0.1, -0.05) is 5.16 Å². The van der Waals surface area contributed by atoms with Crippen LogP contribution in [0.15, 0.2) is 10.6 Å². The van der Waals surface area contributed by atoms with Crippen LogP contribution >= 0.6 is 11.3 Å². The molecule has 2 aliphatic heterocycles. The van der Waals surface area contributed by atoms with Gasteiger partial charge >= 0.3 is 18.1 Å². The van der Waals surface area contributed by atoms with Crippen molar-refractivity contribution in [3.63, 3.8) is 0 Å². The van der Waals surface area contributed by atoms with Gasteiger partial charge in [-0.3, -0.25) is 0 Å². The number of amides is 2. The van der Waals surface area contributed by atoms with Gasteiger partial charge in [0.25, 0.3) is 0 Å². The molecule has 2 amide bonds. The molecule has 2 aromatic heterocycles. The minimum Gasteiger partial charge on any atom is -0.381 e. The molecular formula is C16H17F3N4O3S. The lowest BCUT2D eigenvalue weighted by Crippen LogP contribution is -2.47. The number of hydrogen-bond acceptors (Lipinski definition) is 6. The molecule has 1 N–H and O–H groups in total. The van der Waals surface area contributed by atoms with E-state index in [9.17, 15) is 18.0 Å². The number of ether oxygens (including phenoxy) is 1. The number of nitrogens with zero attached hydrogens (tertiary/aromatic N) is 3. The zero-order valence-corrected chi connectivity index (χ0v) is 15.0. The second-order valence-corrected chi connectivity index (χ2v) is 7.62. The van der Waals surface area contributed by atoms with Crippen LogP contribution in [-0.4, -0.2) is 46.9 Å². The minimum atomic E-state index is -4.67. The predicted molar refractivity (Wildman–Crippen MR) is 89.1 cm³/mol. The summed E-state index contributed by atoms with van der Waals surface area (Å²) in [6.45, 7) is 2.26. The molecule has 0 aliphatic carbocycles. The monoisotopic (exact) mass is 402 g/mol. The SMILES string of the molecule is O=C(NC1CCOCC1)N1CCc2cc(-c3noc(C(F)(F)F)n3)sc2C1. The Morgan fingerprint density at radius 2 is 2.11 bits per heavy atom. The fraction of sp³-hybridized carbons (Fsp3) is 0.562. The average Bonchev–Trinajstić information content (AvgIpc) is 3.28. The quantitative estimate of drug-likeness (QED) is 0.835. The van der Waals surface area contributed by atoms with E-state index in [1.807, 2.05) is 0 Å². The van der Waals surface area contributed by atoms with Crippen molar-refractivity contribution in [1.82, 2.24) is 20.4 Å². The maximum Gasteiger partial charge on any atom is 0.471 e. The molecule has 0 saturated carbocycles. The van der Waals surface area contributed by atoms with Crippen LogP contribution in [-0.2, 0) is 23.9 Å². The molecule has 2 aromatic rings. The molecule has 0 spiro atoms. The van der Waals surface area contributed by atoms with Gasteiger partial charge in [-0.25, -0.2) is 4.79 Å². The third-order valence-corrected chi connectivity index (χ3v) is 5.77. The third kappa shape index (κ3) is 3.93. The van der Waals surface area contributed by atoms with E-state index in [2.05, 4.69) is 20.0 Å². The molecule has 7 nitrogen and oxygen atoms in total. The summed E-state index contributed by atoms with van der Waals surface area (Å²) < 4.78 is 47.5. The van der Waals surface area contributed by atoms with Crippen LogP contribution in [0.3, 0.4) is 0 Å². The van der Waals surface area contributed by atoms with Crippen LogP contribution in [0.25, 0.3) is 10.7 Å². The first-order valence-electron chi connectivity index (χ1n) is 8.56. The number of fused-ring (bicyclic) bond motifs is 1. The Kier molecular flexibility index (Phi) is 4.81. The van der Waals surface area contributed by atoms with Crippen molar-refractivity contribution >= 4 is 17.4 Å². The number of alkyl halides is 3. The predicted octanol–water partition coefficient (Wildman–Crippen LogP) is 3.06. The van der Waals surface area contributed by atoms with Crippen LogP contribution < -0.4 is 5.32 Å². The lowest BCUT2D eigenvalue weighted by atomic mass is 10.1. The molecule has 4 rings (SSSR count). The van der Waals surface area contributed by atoms with E-state index in [4.69, 9.17) is 4.74 Å². The van der Waals surface area contributed by atoms with Crippen LogP contribution in [0.5, 0.6) is 0 Å². The summed E-state index contributed by atoms with van der Waals surface area (Å²) in [5, 5.41) is 6.45. The summed E-state index contributed by atoms with van der Waals surface area (Å²) >= 11 is 1.29. The molecule has 27 heavy (non-hydrogen) atoms. The second-order valence-electron chi connectivity index (χ2n) is 6.49. The molecular weight excluding hydrogens is 385 g/mol. The lowest BCUT2D eigenvalue weighted by molar-refractivity contribution is -0.159. The molecule has 0 atom stereocenters. The minimum absolute atomic E-state index is 0.0834. The van der Waals surface area contributed by atoms with Crippen molar-refractivity contribution in [2.24, 2.45) is 0 Å². The molecule has 4 heterocycles. The van der Waals surface area contributed by atoms with E-state index in [1.165, 1.54) is 11.3 Å². The van der Waals surface area contributed by atoms with E-state index < -0.39 is 12.1 Å². The van der Waals surface area contributed by atoms with Gasteiger partial charge in [0, 0.05) is 30.7 Å². The van der Waals surface area contributed by atoms with Crippen molar-refractivity contribution in [2.45, 2.75) is 38.0 Å². The molecule has 0 bridgehead atoms. The number of urea groups is 1. The number of rotatable bonds is 2. The lowest BCUT2D eigenvalue weighted by Gasteiger charge is -2.30. The molecule has 0 radical (unpaired) electrons. The molecule has 11 heteroatoms. The van der Waals surface area contributed by atoms with Gasteiger partial charge < -0.3 is 19.5 Å². The Morgan fingerprint density at radius 3 is 2.81 bits per heavy atom. The summed E-state index contributed by atoms with van der Waals surface area (Å²) in [6, 6.07) is 1.77. The Hall–Kier alpha value is -2.14. The molecule has 146 valence electrons. The van der Waals surface area contributed by atoms with Crippen molar-refractivity contribution in [3.05, 3.63) is 22.4 Å². The highest BCUT2D eigenvalue weighted by Crippen LogP contribution is 2.35. The van der Waals surface area contributed by atoms with E-state index in [1.54, 1.807) is 11.0 Å². The zero-order valence-electron chi connectivity index (χ0n) is 14.2. The van der Waals surface area contributed by atoms with Crippen LogP contribution in [0.4, 0.5) is 18.0 Å². The van der Waals surface area contributed by atoms with Crippen LogP contribution in [0.2, 0.25) is 0 Å². The normalized spacial score (nSPS) is 18.4. The molecule has 2 aliphatic rings. The Labute approximate surface area is 156 Å². The Morgan fingerprint density at radius 1 is 1.33 bits per heavy atom. The number of hydrogen-bond donors (Lipinski definition) is 1. The standard InChI is InChI=1S/C16H17F3N4O3S/c17-16(18,19)14-21-13(22-26-14)11-7-9-1-4-23(8-12(9)27-11)15(24)20-10-2-5-25-6-3-10/h7,10H,1-6,8H2,(H,20,24). The highest BCUT2D eigenvalue weighted by atomic mass is 32.1. The maximum absolute atomic E-state index is 12.6. The van der Waals surface area contributed by atoms with E-state index in [-0.39, 0.29) is 17.9 Å². The van der Waals surface area contributed by atoms with Crippen molar-refractivity contribution in [3.8, 4) is 10.7 Å². The zero-order chi connectivity index (χ0) is 19.0.